The van der Waals surface area contributed by atoms with Crippen molar-refractivity contribution in [1.82, 2.24) is 0 Å². The largest absolute Gasteiger partial charge is 0.103 e. The van der Waals surface area contributed by atoms with Crippen LogP contribution in [-0.4, -0.2) is 0 Å². The summed E-state index contributed by atoms with van der Waals surface area (Å²) in [6.45, 7) is 7.51. The average molecular weight is 162 g/mol. The molecule has 0 spiro atoms. The molecule has 0 saturated heterocycles. The molecule has 0 amide bonds. The van der Waals surface area contributed by atoms with Crippen LogP contribution < -0.4 is 0 Å². The summed E-state index contributed by atoms with van der Waals surface area (Å²) >= 11 is 0. The molecular formula is C12H18. The van der Waals surface area contributed by atoms with Crippen molar-refractivity contribution in [2.45, 2.75) is 25.7 Å². The Labute approximate surface area is 75.7 Å². The van der Waals surface area contributed by atoms with Crippen molar-refractivity contribution < 1.29 is 0 Å². The van der Waals surface area contributed by atoms with Gasteiger partial charge in [0.1, 0.15) is 0 Å². The quantitative estimate of drug-likeness (QED) is 0.438. The van der Waals surface area contributed by atoms with Gasteiger partial charge in [-0.15, -0.1) is 6.58 Å². The zero-order valence-electron chi connectivity index (χ0n) is 7.71. The Hall–Kier alpha value is -0.780. The van der Waals surface area contributed by atoms with Crippen LogP contribution >= 0.6 is 0 Å². The maximum Gasteiger partial charge on any atom is -0.0230 e. The topological polar surface area (TPSA) is 0 Å². The Bertz CT molecular complexity index is 168. The Balaban J connectivity index is 2.30. The van der Waals surface area contributed by atoms with Crippen LogP contribution in [0.2, 0.25) is 0 Å². The van der Waals surface area contributed by atoms with Crippen molar-refractivity contribution in [3.8, 4) is 0 Å². The molecule has 66 valence electrons. The molecule has 0 atom stereocenters. The number of hydrogen-bond acceptors (Lipinski definition) is 0. The Morgan fingerprint density at radius 2 is 1.50 bits per heavy atom. The lowest BCUT2D eigenvalue weighted by molar-refractivity contribution is 0.357. The van der Waals surface area contributed by atoms with Gasteiger partial charge in [-0.2, -0.15) is 0 Å². The fourth-order valence-electron chi connectivity index (χ4n) is 1.81. The molecule has 0 heteroatoms. The molecule has 1 aliphatic carbocycles. The molecule has 0 heterocycles. The number of allylic oxidation sites excluding steroid dienone is 4. The monoisotopic (exact) mass is 162 g/mol. The zero-order chi connectivity index (χ0) is 8.81. The summed E-state index contributed by atoms with van der Waals surface area (Å²) in [4.78, 5) is 0. The summed E-state index contributed by atoms with van der Waals surface area (Å²) in [6.07, 6.45) is 13.6. The Morgan fingerprint density at radius 1 is 0.917 bits per heavy atom. The van der Waals surface area contributed by atoms with Gasteiger partial charge >= 0.3 is 0 Å². The molecule has 0 aromatic heterocycles. The molecule has 0 aromatic rings. The van der Waals surface area contributed by atoms with Gasteiger partial charge in [-0.3, -0.25) is 0 Å². The molecule has 0 bridgehead atoms. The van der Waals surface area contributed by atoms with Crippen LogP contribution in [0.3, 0.4) is 0 Å². The third-order valence-electron chi connectivity index (χ3n) is 2.67. The summed E-state index contributed by atoms with van der Waals surface area (Å²) in [6, 6.07) is 0. The fraction of sp³-hybridized carbons (Fsp3) is 0.500. The first-order valence-electron chi connectivity index (χ1n) is 4.78. The molecule has 0 radical (unpaired) electrons. The van der Waals surface area contributed by atoms with Crippen molar-refractivity contribution in [2.24, 2.45) is 11.8 Å². The lowest BCUT2D eigenvalue weighted by atomic mass is 9.82. The molecule has 0 aromatic carbocycles. The molecule has 1 fully saturated rings. The summed E-state index contributed by atoms with van der Waals surface area (Å²) in [5.41, 5.74) is 0. The molecule has 0 N–H and O–H groups in total. The lowest BCUT2D eigenvalue weighted by Crippen LogP contribution is -2.10. The summed E-state index contributed by atoms with van der Waals surface area (Å²) in [7, 11) is 0. The van der Waals surface area contributed by atoms with Gasteiger partial charge in [0, 0.05) is 0 Å². The summed E-state index contributed by atoms with van der Waals surface area (Å²) < 4.78 is 0. The van der Waals surface area contributed by atoms with Crippen molar-refractivity contribution in [3.63, 3.8) is 0 Å². The van der Waals surface area contributed by atoms with E-state index < -0.39 is 0 Å². The van der Waals surface area contributed by atoms with Crippen LogP contribution in [0.4, 0.5) is 0 Å². The van der Waals surface area contributed by atoms with E-state index in [4.69, 9.17) is 0 Å². The molecule has 12 heavy (non-hydrogen) atoms. The van der Waals surface area contributed by atoms with Crippen LogP contribution in [-0.2, 0) is 0 Å². The maximum absolute atomic E-state index is 3.84. The van der Waals surface area contributed by atoms with Crippen molar-refractivity contribution in [1.29, 1.82) is 0 Å². The minimum atomic E-state index is 0.776. The van der Waals surface area contributed by atoms with E-state index >= 15 is 0 Å². The molecule has 1 rings (SSSR count). The van der Waals surface area contributed by atoms with E-state index in [9.17, 15) is 0 Å². The van der Waals surface area contributed by atoms with E-state index in [0.717, 1.165) is 11.8 Å². The number of hydrogen-bond donors (Lipinski definition) is 0. The molecule has 0 unspecified atom stereocenters. The third-order valence-corrected chi connectivity index (χ3v) is 2.67. The first kappa shape index (κ1) is 9.31. The Morgan fingerprint density at radius 3 is 2.00 bits per heavy atom. The second kappa shape index (κ2) is 4.97. The van der Waals surface area contributed by atoms with Gasteiger partial charge in [0.05, 0.1) is 0 Å². The van der Waals surface area contributed by atoms with E-state index in [0.29, 0.717) is 0 Å². The first-order valence-corrected chi connectivity index (χ1v) is 4.78. The maximum atomic E-state index is 3.84. The molecule has 0 nitrogen and oxygen atoms in total. The van der Waals surface area contributed by atoms with E-state index in [1.807, 2.05) is 6.08 Å². The highest BCUT2D eigenvalue weighted by Crippen LogP contribution is 2.29. The van der Waals surface area contributed by atoms with E-state index in [-0.39, 0.29) is 0 Å². The van der Waals surface area contributed by atoms with Crippen LogP contribution in [0.15, 0.2) is 37.5 Å². The smallest absolute Gasteiger partial charge is 0.0230 e. The average Bonchev–Trinajstić information content (AvgIpc) is 2.15. The van der Waals surface area contributed by atoms with Crippen molar-refractivity contribution >= 4 is 0 Å². The van der Waals surface area contributed by atoms with E-state index in [1.165, 1.54) is 25.7 Å². The highest BCUT2D eigenvalue weighted by Gasteiger charge is 2.16. The van der Waals surface area contributed by atoms with Gasteiger partial charge in [-0.05, 0) is 37.5 Å². The normalized spacial score (nSPS) is 30.3. The van der Waals surface area contributed by atoms with E-state index in [1.54, 1.807) is 0 Å². The predicted molar refractivity (Wildman–Crippen MR) is 55.0 cm³/mol. The van der Waals surface area contributed by atoms with Crippen LogP contribution in [0.25, 0.3) is 0 Å². The van der Waals surface area contributed by atoms with Crippen molar-refractivity contribution in [3.05, 3.63) is 37.5 Å². The Kier molecular flexibility index (Phi) is 3.86. The highest BCUT2D eigenvalue weighted by atomic mass is 14.2. The van der Waals surface area contributed by atoms with Gasteiger partial charge in [0.2, 0.25) is 0 Å². The van der Waals surface area contributed by atoms with Gasteiger partial charge in [0.25, 0.3) is 0 Å². The van der Waals surface area contributed by atoms with Crippen LogP contribution in [0.1, 0.15) is 25.7 Å². The minimum absolute atomic E-state index is 0.776. The molecule has 1 saturated carbocycles. The molecular weight excluding hydrogens is 144 g/mol. The number of rotatable bonds is 3. The third kappa shape index (κ3) is 2.69. The van der Waals surface area contributed by atoms with Crippen LogP contribution in [0.5, 0.6) is 0 Å². The standard InChI is InChI=1S/C12H18/c1-3-5-6-12-9-7-11(4-2)8-10-12/h3-6,11-12H,1-2,7-10H2. The van der Waals surface area contributed by atoms with Gasteiger partial charge in [0.15, 0.2) is 0 Å². The van der Waals surface area contributed by atoms with Crippen LogP contribution in [0, 0.1) is 11.8 Å². The molecule has 1 aliphatic rings. The summed E-state index contributed by atoms with van der Waals surface area (Å²) in [5, 5.41) is 0. The molecule has 0 aliphatic heterocycles. The van der Waals surface area contributed by atoms with Gasteiger partial charge < -0.3 is 0 Å². The second-order valence-electron chi connectivity index (χ2n) is 3.53. The lowest BCUT2D eigenvalue weighted by Gasteiger charge is -2.23. The first-order chi connectivity index (χ1) is 5.86. The SMILES string of the molecule is C=CC=CC1CCC(C=C)CC1. The second-order valence-corrected chi connectivity index (χ2v) is 3.53. The van der Waals surface area contributed by atoms with E-state index in [2.05, 4.69) is 31.4 Å². The van der Waals surface area contributed by atoms with Gasteiger partial charge in [-0.1, -0.05) is 30.9 Å². The zero-order valence-corrected chi connectivity index (χ0v) is 7.71. The van der Waals surface area contributed by atoms with Crippen molar-refractivity contribution in [2.75, 3.05) is 0 Å². The fourth-order valence-corrected chi connectivity index (χ4v) is 1.81. The minimum Gasteiger partial charge on any atom is -0.103 e. The highest BCUT2D eigenvalue weighted by molar-refractivity contribution is 5.01. The predicted octanol–water partition coefficient (Wildman–Crippen LogP) is 3.72. The summed E-state index contributed by atoms with van der Waals surface area (Å²) in [5.74, 6) is 1.57. The van der Waals surface area contributed by atoms with Gasteiger partial charge in [-0.25, -0.2) is 0 Å².